The highest BCUT2D eigenvalue weighted by molar-refractivity contribution is 6.05. The molecule has 310 valence electrons. The molecule has 4 heterocycles. The zero-order chi connectivity index (χ0) is 40.8. The first-order valence-electron chi connectivity index (χ1n) is 19.8. The minimum absolute atomic E-state index is 0.177. The molecule has 3 fully saturated rings. The molecule has 1 aromatic heterocycles. The zero-order valence-corrected chi connectivity index (χ0v) is 34.4. The molecular formula is C38H65BN6O10. The van der Waals surface area contributed by atoms with E-state index in [0.29, 0.717) is 37.3 Å². The summed E-state index contributed by atoms with van der Waals surface area (Å²) in [5.74, 6) is -4.73. The molecule has 4 N–H and O–H groups in total. The van der Waals surface area contributed by atoms with Crippen molar-refractivity contribution >= 4 is 25.4 Å². The van der Waals surface area contributed by atoms with Gasteiger partial charge in [0, 0.05) is 56.6 Å². The van der Waals surface area contributed by atoms with Crippen LogP contribution in [0.3, 0.4) is 0 Å². The summed E-state index contributed by atoms with van der Waals surface area (Å²) in [7, 11) is 9.10. The number of aliphatic hydroxyl groups is 3. The van der Waals surface area contributed by atoms with Gasteiger partial charge in [0.25, 0.3) is 7.98 Å². The van der Waals surface area contributed by atoms with Gasteiger partial charge in [-0.3, -0.25) is 9.59 Å². The van der Waals surface area contributed by atoms with Gasteiger partial charge in [-0.15, -0.1) is 5.10 Å². The van der Waals surface area contributed by atoms with Gasteiger partial charge in [0.2, 0.25) is 0 Å². The Morgan fingerprint density at radius 1 is 1.16 bits per heavy atom. The lowest BCUT2D eigenvalue weighted by Crippen LogP contribution is -2.60. The standard InChI is InChI=1S/C38H65BN6O10/c1-11-29-38(8,50)33(48)23(4)30(42-55-27-13-12-15-40-19-27)21(2)18-37(7,51-10)34(24(5)31(46)25(6)35(49)53-29)54-36-32(47)28(17-22(3)52-36)44(9)16-14-26-20-45(39)43-41-26/h20-25,27-29,32-34,36,40,47-48,50H,11-19H2,1-10H3/b42-30+/t21-,22-,23+,24+,25-,27-,28+,29-,32-,33-,34-,36+,37-,38-/m1/s1. The second kappa shape index (κ2) is 19.3. The number of rotatable bonds is 10. The monoisotopic (exact) mass is 776 g/mol. The lowest BCUT2D eigenvalue weighted by molar-refractivity contribution is -0.295. The summed E-state index contributed by atoms with van der Waals surface area (Å²) in [6, 6.07) is -0.376. The number of Topliss-reactive ketones (excluding diaryl/α,β-unsaturated/α-hetero) is 1. The second-order valence-electron chi connectivity index (χ2n) is 16.5. The van der Waals surface area contributed by atoms with Crippen LogP contribution in [-0.4, -0.2) is 155 Å². The van der Waals surface area contributed by atoms with Crippen molar-refractivity contribution < 1.29 is 48.7 Å². The third-order valence-corrected chi connectivity index (χ3v) is 12.1. The van der Waals surface area contributed by atoms with Crippen molar-refractivity contribution in [3.63, 3.8) is 0 Å². The van der Waals surface area contributed by atoms with Gasteiger partial charge in [-0.2, -0.15) is 0 Å². The van der Waals surface area contributed by atoms with Gasteiger partial charge < -0.3 is 53.9 Å². The number of aliphatic hydroxyl groups excluding tert-OH is 2. The smallest absolute Gasteiger partial charge is 0.316 e. The van der Waals surface area contributed by atoms with Crippen molar-refractivity contribution in [2.45, 2.75) is 154 Å². The normalized spacial score (nSPS) is 40.9. The van der Waals surface area contributed by atoms with Crippen molar-refractivity contribution in [1.29, 1.82) is 0 Å². The predicted octanol–water partition coefficient (Wildman–Crippen LogP) is 1.41. The van der Waals surface area contributed by atoms with Crippen LogP contribution in [0.2, 0.25) is 0 Å². The molecule has 3 aliphatic heterocycles. The molecular weight excluding hydrogens is 711 g/mol. The third kappa shape index (κ3) is 10.7. The van der Waals surface area contributed by atoms with Crippen LogP contribution in [0.25, 0.3) is 0 Å². The average Bonchev–Trinajstić information content (AvgIpc) is 3.59. The van der Waals surface area contributed by atoms with Crippen molar-refractivity contribution in [2.24, 2.45) is 28.8 Å². The van der Waals surface area contributed by atoms with Gasteiger partial charge in [-0.1, -0.05) is 38.1 Å². The molecule has 0 unspecified atom stereocenters. The molecule has 3 aliphatic rings. The number of piperidine rings is 1. The fourth-order valence-corrected chi connectivity index (χ4v) is 8.47. The third-order valence-electron chi connectivity index (χ3n) is 12.1. The number of likely N-dealkylation sites (N-methyl/N-ethyl adjacent to an activating group) is 1. The first-order chi connectivity index (χ1) is 25.8. The van der Waals surface area contributed by atoms with Gasteiger partial charge in [-0.25, -0.2) is 0 Å². The molecule has 1 aromatic rings. The molecule has 17 heteroatoms. The van der Waals surface area contributed by atoms with E-state index in [4.69, 9.17) is 31.8 Å². The van der Waals surface area contributed by atoms with E-state index < -0.39 is 77.3 Å². The molecule has 3 saturated heterocycles. The van der Waals surface area contributed by atoms with E-state index in [1.54, 1.807) is 27.0 Å². The number of cyclic esters (lactones) is 1. The molecule has 0 amide bonds. The molecule has 55 heavy (non-hydrogen) atoms. The van der Waals surface area contributed by atoms with Crippen LogP contribution in [0.1, 0.15) is 93.2 Å². The Morgan fingerprint density at radius 2 is 1.87 bits per heavy atom. The Hall–Kier alpha value is -2.51. The summed E-state index contributed by atoms with van der Waals surface area (Å²) in [6.45, 7) is 15.7. The number of esters is 1. The lowest BCUT2D eigenvalue weighted by atomic mass is 9.74. The maximum Gasteiger partial charge on any atom is 0.316 e. The van der Waals surface area contributed by atoms with Crippen LogP contribution in [0.5, 0.6) is 0 Å². The summed E-state index contributed by atoms with van der Waals surface area (Å²) in [5, 5.41) is 51.2. The minimum atomic E-state index is -1.90. The van der Waals surface area contributed by atoms with Gasteiger partial charge in [0.15, 0.2) is 12.1 Å². The molecule has 14 atom stereocenters. The van der Waals surface area contributed by atoms with E-state index in [-0.39, 0.29) is 31.1 Å². The maximum absolute atomic E-state index is 14.3. The first kappa shape index (κ1) is 45.2. The van der Waals surface area contributed by atoms with Crippen LogP contribution in [0.4, 0.5) is 0 Å². The van der Waals surface area contributed by atoms with E-state index in [2.05, 4.69) is 20.8 Å². The van der Waals surface area contributed by atoms with Crippen LogP contribution in [-0.2, 0) is 39.8 Å². The number of oxime groups is 1. The molecule has 0 aromatic carbocycles. The van der Waals surface area contributed by atoms with E-state index in [9.17, 15) is 24.9 Å². The maximum atomic E-state index is 14.3. The number of aromatic nitrogens is 3. The van der Waals surface area contributed by atoms with E-state index in [1.807, 2.05) is 32.7 Å². The van der Waals surface area contributed by atoms with E-state index >= 15 is 0 Å². The predicted molar refractivity (Wildman–Crippen MR) is 204 cm³/mol. The Balaban J connectivity index is 1.72. The Morgan fingerprint density at radius 3 is 2.47 bits per heavy atom. The number of ether oxygens (including phenoxy) is 4. The number of hydrogen-bond donors (Lipinski definition) is 4. The highest BCUT2D eigenvalue weighted by Crippen LogP contribution is 2.39. The summed E-state index contributed by atoms with van der Waals surface area (Å²) in [6.07, 6.45) is -1.58. The zero-order valence-electron chi connectivity index (χ0n) is 34.4. The number of hydrogen-bond acceptors (Lipinski definition) is 15. The summed E-state index contributed by atoms with van der Waals surface area (Å²) >= 11 is 0. The van der Waals surface area contributed by atoms with Crippen molar-refractivity contribution in [3.8, 4) is 0 Å². The topological polar surface area (TPSA) is 199 Å². The minimum Gasteiger partial charge on any atom is -0.459 e. The van der Waals surface area contributed by atoms with Gasteiger partial charge in [0.1, 0.15) is 29.8 Å². The number of nitrogens with one attached hydrogen (secondary N) is 1. The van der Waals surface area contributed by atoms with Crippen LogP contribution < -0.4 is 5.32 Å². The Bertz CT molecular complexity index is 1440. The average molecular weight is 777 g/mol. The molecule has 16 nitrogen and oxygen atoms in total. The highest BCUT2D eigenvalue weighted by Gasteiger charge is 2.52. The largest absolute Gasteiger partial charge is 0.459 e. The molecule has 0 saturated carbocycles. The van der Waals surface area contributed by atoms with Gasteiger partial charge in [0.05, 0.1) is 35.3 Å². The second-order valence-corrected chi connectivity index (χ2v) is 16.5. The molecule has 2 radical (unpaired) electrons. The molecule has 4 rings (SSSR count). The van der Waals surface area contributed by atoms with Crippen LogP contribution in [0.15, 0.2) is 11.4 Å². The van der Waals surface area contributed by atoms with Crippen LogP contribution in [0, 0.1) is 23.7 Å². The Kier molecular flexibility index (Phi) is 15.9. The summed E-state index contributed by atoms with van der Waals surface area (Å²) < 4.78 is 26.2. The molecule has 0 spiro atoms. The van der Waals surface area contributed by atoms with Crippen molar-refractivity contribution in [2.75, 3.05) is 33.8 Å². The Labute approximate surface area is 327 Å². The lowest BCUT2D eigenvalue weighted by Gasteiger charge is -2.47. The number of carbonyl (C=O) groups is 2. The number of nitrogens with zero attached hydrogens (tertiary/aromatic N) is 5. The quantitative estimate of drug-likeness (QED) is 0.115. The SMILES string of the molecule is [B]n1cc(CCN(C)[C@H]2C[C@@H](C)O[C@@H](O[C@@H]3[C@@H](C)C(=O)[C@@H](C)C(=O)O[C@H](CC)[C@@](C)(O)[C@H](O)[C@@H](C)/C(=N/O[C@@H]4CCCNC4)[C@H](C)C[C@@]3(C)OC)[C@@H]2O)nn1. The fraction of sp³-hybridized carbons (Fsp3) is 0.868. The van der Waals surface area contributed by atoms with E-state index in [1.165, 1.54) is 21.0 Å². The van der Waals surface area contributed by atoms with Gasteiger partial charge in [-0.05, 0) is 73.4 Å². The fourth-order valence-electron chi connectivity index (χ4n) is 8.47. The molecule has 0 bridgehead atoms. The van der Waals surface area contributed by atoms with Gasteiger partial charge >= 0.3 is 5.97 Å². The highest BCUT2D eigenvalue weighted by atomic mass is 16.7. The van der Waals surface area contributed by atoms with Crippen molar-refractivity contribution in [1.82, 2.24) is 25.1 Å². The van der Waals surface area contributed by atoms with E-state index in [0.717, 1.165) is 24.0 Å². The van der Waals surface area contributed by atoms with Crippen molar-refractivity contribution in [3.05, 3.63) is 11.9 Å². The van der Waals surface area contributed by atoms with Crippen LogP contribution >= 0.6 is 0 Å². The summed E-state index contributed by atoms with van der Waals surface area (Å²) in [4.78, 5) is 36.0. The number of carbonyl (C=O) groups excluding carboxylic acids is 2. The molecule has 0 aliphatic carbocycles. The first-order valence-corrected chi connectivity index (χ1v) is 19.8. The summed E-state index contributed by atoms with van der Waals surface area (Å²) in [5.41, 5.74) is -1.97. The number of ketones is 1. The number of methoxy groups -OCH3 is 1.